The Morgan fingerprint density at radius 1 is 1.26 bits per heavy atom. The number of carboxylic acids is 1. The second-order valence-corrected chi connectivity index (χ2v) is 3.75. The quantitative estimate of drug-likeness (QED) is 0.522. The Balaban J connectivity index is 2.54. The first-order valence-electron chi connectivity index (χ1n) is 5.36. The molecule has 4 N–H and O–H groups in total. The Hall–Kier alpha value is -2.64. The fourth-order valence-corrected chi connectivity index (χ4v) is 1.24. The van der Waals surface area contributed by atoms with Gasteiger partial charge in [-0.1, -0.05) is 0 Å². The Bertz CT molecular complexity index is 564. The molecule has 1 rings (SSSR count). The van der Waals surface area contributed by atoms with Gasteiger partial charge in [-0.25, -0.2) is 0 Å². The molecule has 0 unspecified atom stereocenters. The summed E-state index contributed by atoms with van der Waals surface area (Å²) in [5, 5.41) is 12.6. The van der Waals surface area contributed by atoms with Crippen LogP contribution in [0.4, 0.5) is 0 Å². The van der Waals surface area contributed by atoms with Gasteiger partial charge in [0.25, 0.3) is 5.91 Å². The topological polar surface area (TPSA) is 128 Å². The van der Waals surface area contributed by atoms with Crippen molar-refractivity contribution in [2.24, 2.45) is 0 Å². The lowest BCUT2D eigenvalue weighted by Gasteiger charge is -2.05. The average molecular weight is 267 g/mol. The lowest BCUT2D eigenvalue weighted by atomic mass is 10.2. The first-order valence-corrected chi connectivity index (χ1v) is 5.36. The van der Waals surface area contributed by atoms with Crippen LogP contribution < -0.4 is 16.1 Å². The van der Waals surface area contributed by atoms with E-state index in [0.717, 1.165) is 0 Å². The van der Waals surface area contributed by atoms with E-state index in [1.54, 1.807) is 6.92 Å². The van der Waals surface area contributed by atoms with Gasteiger partial charge in [0.05, 0.1) is 6.54 Å². The zero-order valence-corrected chi connectivity index (χ0v) is 10.1. The van der Waals surface area contributed by atoms with Gasteiger partial charge in [-0.3, -0.25) is 19.2 Å². The van der Waals surface area contributed by atoms with Gasteiger partial charge >= 0.3 is 5.97 Å². The molecular weight excluding hydrogens is 254 g/mol. The molecule has 0 fully saturated rings. The van der Waals surface area contributed by atoms with E-state index < -0.39 is 36.3 Å². The minimum Gasteiger partial charge on any atom is -0.480 e. The Morgan fingerprint density at radius 3 is 2.53 bits per heavy atom. The van der Waals surface area contributed by atoms with E-state index in [9.17, 15) is 19.2 Å². The van der Waals surface area contributed by atoms with Crippen LogP contribution in [0.3, 0.4) is 0 Å². The van der Waals surface area contributed by atoms with Gasteiger partial charge < -0.3 is 20.7 Å². The molecule has 8 nitrogen and oxygen atoms in total. The number of carbonyl (C=O) groups is 3. The molecule has 8 heteroatoms. The van der Waals surface area contributed by atoms with Crippen molar-refractivity contribution in [3.8, 4) is 0 Å². The smallest absolute Gasteiger partial charge is 0.322 e. The molecule has 19 heavy (non-hydrogen) atoms. The normalized spacial score (nSPS) is 9.74. The molecule has 0 atom stereocenters. The molecule has 2 amide bonds. The minimum absolute atomic E-state index is 0.114. The number of aromatic nitrogens is 1. The molecule has 0 bridgehead atoms. The third kappa shape index (κ3) is 4.62. The highest BCUT2D eigenvalue weighted by Gasteiger charge is 2.11. The van der Waals surface area contributed by atoms with E-state index in [4.69, 9.17) is 5.11 Å². The number of aliphatic carboxylic acids is 1. The largest absolute Gasteiger partial charge is 0.480 e. The number of hydrogen-bond acceptors (Lipinski definition) is 4. The van der Waals surface area contributed by atoms with Gasteiger partial charge in [0.1, 0.15) is 12.1 Å². The van der Waals surface area contributed by atoms with Gasteiger partial charge in [0.2, 0.25) is 5.91 Å². The molecule has 0 radical (unpaired) electrons. The first-order chi connectivity index (χ1) is 8.90. The van der Waals surface area contributed by atoms with Crippen molar-refractivity contribution in [1.29, 1.82) is 0 Å². The van der Waals surface area contributed by atoms with Crippen molar-refractivity contribution in [2.75, 3.05) is 13.1 Å². The molecule has 0 aliphatic heterocycles. The van der Waals surface area contributed by atoms with Crippen LogP contribution in [0.15, 0.2) is 17.1 Å². The number of aryl methyl sites for hydroxylation is 1. The Labute approximate surface area is 107 Å². The number of aromatic amines is 1. The highest BCUT2D eigenvalue weighted by Crippen LogP contribution is 1.91. The van der Waals surface area contributed by atoms with E-state index in [0.29, 0.717) is 5.69 Å². The van der Waals surface area contributed by atoms with Crippen molar-refractivity contribution in [3.63, 3.8) is 0 Å². The molecule has 0 aliphatic carbocycles. The lowest BCUT2D eigenvalue weighted by molar-refractivity contribution is -0.137. The van der Waals surface area contributed by atoms with Crippen molar-refractivity contribution >= 4 is 17.8 Å². The second-order valence-electron chi connectivity index (χ2n) is 3.75. The summed E-state index contributed by atoms with van der Waals surface area (Å²) in [6, 6.07) is 1.26. The van der Waals surface area contributed by atoms with Crippen LogP contribution in [0.25, 0.3) is 0 Å². The maximum absolute atomic E-state index is 11.6. The maximum atomic E-state index is 11.6. The van der Waals surface area contributed by atoms with E-state index in [1.165, 1.54) is 12.3 Å². The molecule has 0 saturated heterocycles. The zero-order chi connectivity index (χ0) is 14.4. The average Bonchev–Trinajstić information content (AvgIpc) is 2.33. The number of nitrogens with one attached hydrogen (secondary N) is 3. The van der Waals surface area contributed by atoms with Crippen molar-refractivity contribution in [2.45, 2.75) is 6.92 Å². The van der Waals surface area contributed by atoms with Gasteiger partial charge in [-0.15, -0.1) is 0 Å². The monoisotopic (exact) mass is 267 g/mol. The second kappa shape index (κ2) is 6.34. The van der Waals surface area contributed by atoms with E-state index in [-0.39, 0.29) is 5.56 Å². The van der Waals surface area contributed by atoms with E-state index >= 15 is 0 Å². The molecule has 1 heterocycles. The molecule has 102 valence electrons. The molecule has 1 aromatic rings. The summed E-state index contributed by atoms with van der Waals surface area (Å²) in [4.78, 5) is 47.1. The predicted octanol–water partition coefficient (Wildman–Crippen LogP) is -1.39. The lowest BCUT2D eigenvalue weighted by Crippen LogP contribution is -2.40. The summed E-state index contributed by atoms with van der Waals surface area (Å²) in [7, 11) is 0. The number of carboxylic acid groups (broad SMARTS) is 1. The minimum atomic E-state index is -1.19. The molecular formula is C11H13N3O5. The summed E-state index contributed by atoms with van der Waals surface area (Å²) in [5.74, 6) is -2.54. The van der Waals surface area contributed by atoms with Crippen LogP contribution in [-0.4, -0.2) is 41.0 Å². The highest BCUT2D eigenvalue weighted by atomic mass is 16.4. The highest BCUT2D eigenvalue weighted by molar-refractivity contribution is 5.96. The number of hydrogen-bond donors (Lipinski definition) is 4. The molecule has 0 aromatic carbocycles. The third-order valence-electron chi connectivity index (χ3n) is 2.15. The fourth-order valence-electron chi connectivity index (χ4n) is 1.24. The van der Waals surface area contributed by atoms with Crippen LogP contribution in [0, 0.1) is 6.92 Å². The van der Waals surface area contributed by atoms with Gasteiger partial charge in [-0.2, -0.15) is 0 Å². The number of amides is 2. The number of pyridine rings is 1. The standard InChI is InChI=1S/C11H13N3O5/c1-6-2-8(15)7(3-12-6)11(19)14-4-9(16)13-5-10(17)18/h2-3H,4-5H2,1H3,(H,12,15)(H,13,16)(H,14,19)(H,17,18). The fraction of sp³-hybridized carbons (Fsp3) is 0.273. The Morgan fingerprint density at radius 2 is 1.95 bits per heavy atom. The van der Waals surface area contributed by atoms with Crippen LogP contribution in [0.5, 0.6) is 0 Å². The van der Waals surface area contributed by atoms with Gasteiger partial charge in [0.15, 0.2) is 5.43 Å². The summed E-state index contributed by atoms with van der Waals surface area (Å²) < 4.78 is 0. The third-order valence-corrected chi connectivity index (χ3v) is 2.15. The van der Waals surface area contributed by atoms with Crippen molar-refractivity contribution in [3.05, 3.63) is 33.7 Å². The summed E-state index contributed by atoms with van der Waals surface area (Å²) in [5.41, 5.74) is 0.0390. The van der Waals surface area contributed by atoms with Crippen molar-refractivity contribution < 1.29 is 19.5 Å². The first kappa shape index (κ1) is 14.4. The van der Waals surface area contributed by atoms with Crippen molar-refractivity contribution in [1.82, 2.24) is 15.6 Å². The van der Waals surface area contributed by atoms with Crippen LogP contribution in [0.1, 0.15) is 16.1 Å². The number of carbonyl (C=O) groups excluding carboxylic acids is 2. The van der Waals surface area contributed by atoms with Gasteiger partial charge in [-0.05, 0) is 6.92 Å². The molecule has 0 spiro atoms. The number of rotatable bonds is 5. The maximum Gasteiger partial charge on any atom is 0.322 e. The zero-order valence-electron chi connectivity index (χ0n) is 10.1. The van der Waals surface area contributed by atoms with Crippen LogP contribution >= 0.6 is 0 Å². The molecule has 0 saturated carbocycles. The van der Waals surface area contributed by atoms with E-state index in [1.807, 2.05) is 0 Å². The SMILES string of the molecule is Cc1cc(=O)c(C(=O)NCC(=O)NCC(=O)O)c[nH]1. The predicted molar refractivity (Wildman–Crippen MR) is 64.8 cm³/mol. The van der Waals surface area contributed by atoms with Crippen LogP contribution in [0.2, 0.25) is 0 Å². The van der Waals surface area contributed by atoms with Gasteiger partial charge in [0, 0.05) is 18.0 Å². The molecule has 0 aliphatic rings. The Kier molecular flexibility index (Phi) is 4.81. The molecule has 1 aromatic heterocycles. The summed E-state index contributed by atoms with van der Waals surface area (Å²) >= 11 is 0. The van der Waals surface area contributed by atoms with Crippen LogP contribution in [-0.2, 0) is 9.59 Å². The number of H-pyrrole nitrogens is 1. The summed E-state index contributed by atoms with van der Waals surface area (Å²) in [6.07, 6.45) is 1.25. The van der Waals surface area contributed by atoms with E-state index in [2.05, 4.69) is 15.6 Å². The summed E-state index contributed by atoms with van der Waals surface area (Å²) in [6.45, 7) is 0.738.